The van der Waals surface area contributed by atoms with Crippen LogP contribution in [0.1, 0.15) is 76.0 Å². The number of benzene rings is 13. The van der Waals surface area contributed by atoms with Gasteiger partial charge in [-0.25, -0.2) is 29.9 Å². The number of aryl methyl sites for hydroxylation is 4. The summed E-state index contributed by atoms with van der Waals surface area (Å²) in [6.07, 6.45) is 0. The first-order chi connectivity index (χ1) is 66.5. The van der Waals surface area contributed by atoms with E-state index in [-0.39, 0.29) is 92.4 Å². The Labute approximate surface area is 874 Å². The number of oxazole rings is 3. The zero-order valence-corrected chi connectivity index (χ0v) is 92.7. The first kappa shape index (κ1) is 104. The summed E-state index contributed by atoms with van der Waals surface area (Å²) < 4.78 is 52.6. The summed E-state index contributed by atoms with van der Waals surface area (Å²) in [6, 6.07) is 117. The minimum atomic E-state index is -0.797. The number of hydrogen-bond donors (Lipinski definition) is 3. The third-order valence-corrected chi connectivity index (χ3v) is 24.2. The maximum atomic E-state index is 10.6. The van der Waals surface area contributed by atoms with Gasteiger partial charge in [-0.05, 0) is 106 Å². The van der Waals surface area contributed by atoms with Gasteiger partial charge in [0.25, 0.3) is 5.89 Å². The molecule has 7 aromatic heterocycles. The van der Waals surface area contributed by atoms with Crippen LogP contribution in [0.15, 0.2) is 376 Å². The molecule has 3 N–H and O–H groups in total. The molecule has 22 nitrogen and oxygen atoms in total. The van der Waals surface area contributed by atoms with Crippen LogP contribution in [0.2, 0.25) is 0 Å². The first-order valence-corrected chi connectivity index (χ1v) is 47.0. The minimum absolute atomic E-state index is 0. The number of rotatable bonds is 21. The molecule has 0 fully saturated rings. The van der Waals surface area contributed by atoms with E-state index in [0.29, 0.717) is 63.5 Å². The van der Waals surface area contributed by atoms with E-state index in [0.717, 1.165) is 136 Å². The average molecular weight is 2050 g/mol. The van der Waals surface area contributed by atoms with Gasteiger partial charge in [0.05, 0.1) is 102 Å². The van der Waals surface area contributed by atoms with Crippen LogP contribution in [-0.4, -0.2) is 118 Å². The van der Waals surface area contributed by atoms with Gasteiger partial charge >= 0.3 is 48.4 Å². The Bertz CT molecular complexity index is 7360. The van der Waals surface area contributed by atoms with Gasteiger partial charge in [-0.2, -0.15) is 0 Å². The SMILES string of the molecule is Cc1nnc(-c2oc(-c3ccccc3O)nc2C)o1.Cc1oc(-c2ccccc2[O][Al][O][Al][O]c2ccccc2-c2nc(C(C)(C)C)c(C)o2)nc1C(C)(C)C.Cn1c(-c2ccccc2O)nc(-c2ccccc2)c1-c1ccccc1.Cn1c(-c2ccccc2[O][AlH])nc(-c2ccccc2)c1-c1ccccc1.Oc1ccccc1-c1nc(-c2ccccc2)c(-c2ccccc2)n1-c1ccccc1.[Zn].[Zn].[Zn]. The maximum absolute atomic E-state index is 10.6. The molecule has 13 aromatic carbocycles. The molecule has 28 heteroatoms. The number of aromatic hydroxyl groups is 3. The van der Waals surface area contributed by atoms with E-state index in [9.17, 15) is 15.3 Å². The number of nitrogens with zero attached hydrogens (tertiary/aromatic N) is 11. The zero-order valence-electron chi connectivity index (χ0n) is 80.1. The smallest absolute Gasteiger partial charge is 0.650 e. The molecular weight excluding hydrogens is 1950 g/mol. The maximum Gasteiger partial charge on any atom is 0.743 e. The van der Waals surface area contributed by atoms with Gasteiger partial charge in [0.1, 0.15) is 46.2 Å². The minimum Gasteiger partial charge on any atom is -0.650 e. The monoisotopic (exact) mass is 2050 g/mol. The van der Waals surface area contributed by atoms with Crippen molar-refractivity contribution in [2.24, 2.45) is 14.1 Å². The number of imidazole rings is 3. The predicted octanol–water partition coefficient (Wildman–Crippen LogP) is 25.8. The molecule has 0 unspecified atom stereocenters. The standard InChI is InChI=1S/C27H20N2O.2C22H18N2O.2C14H17NO2.C13H11N3O3.3Al.O.3Zn.H/c30-24-19-11-10-18-23(24)27-28-25(20-12-4-1-5-13-20)26(21-14-6-2-7-15-21)29(27)22-16-8-3-9-17-22;2*1-24-21(17-12-6-3-7-13-17)20(16-10-4-2-5-11-16)23-22(24)18-14-8-9-15-19(18)25;2*1-9-12(14(2,3)4)15-13(17-9)10-7-5-6-8-11(10)16;1-7-11(13-16-15-8(2)18-13)19-12(14-7)9-5-3-4-6-10(9)17;;;;;;;;/h1-19,30H;2*2-15,25H,1H3;2*5-8,16H,1-4H3;3-6,17H,1-2H3;;;;;;;;/q;;;;;;3*+1;;;;;/p-3. The van der Waals surface area contributed by atoms with E-state index in [1.807, 2.05) is 244 Å². The molecule has 140 heavy (non-hydrogen) atoms. The number of phenols is 3. The zero-order chi connectivity index (χ0) is 95.7. The largest absolute Gasteiger partial charge is 0.743 e. The molecule has 7 heterocycles. The van der Waals surface area contributed by atoms with Crippen LogP contribution in [0, 0.1) is 27.7 Å². The topological polar surface area (TPSA) is 268 Å². The van der Waals surface area contributed by atoms with Crippen LogP contribution in [0.25, 0.3) is 153 Å². The van der Waals surface area contributed by atoms with Crippen LogP contribution in [0.4, 0.5) is 0 Å². The van der Waals surface area contributed by atoms with Gasteiger partial charge in [0.15, 0.2) is 0 Å². The average Bonchev–Trinajstić information content (AvgIpc) is 2.52. The van der Waals surface area contributed by atoms with E-state index in [4.69, 9.17) is 56.8 Å². The molecule has 20 rings (SSSR count). The van der Waals surface area contributed by atoms with Crippen molar-refractivity contribution >= 4 is 48.4 Å². The van der Waals surface area contributed by atoms with Crippen molar-refractivity contribution in [2.75, 3.05) is 0 Å². The van der Waals surface area contributed by atoms with E-state index >= 15 is 0 Å². The van der Waals surface area contributed by atoms with Crippen molar-refractivity contribution < 1.29 is 106 Å². The molecular formula is C112H99Al3N11O11Zn3. The molecule has 0 aliphatic heterocycles. The Kier molecular flexibility index (Phi) is 35.5. The van der Waals surface area contributed by atoms with Crippen molar-refractivity contribution in [3.05, 3.63) is 392 Å². The Hall–Kier alpha value is -13.5. The first-order valence-electron chi connectivity index (χ1n) is 44.5. The molecule has 3 radical (unpaired) electrons. The predicted molar refractivity (Wildman–Crippen MR) is 541 cm³/mol. The summed E-state index contributed by atoms with van der Waals surface area (Å²) in [4.78, 5) is 28.7. The molecule has 20 aromatic rings. The van der Waals surface area contributed by atoms with E-state index in [1.54, 1.807) is 50.2 Å². The van der Waals surface area contributed by atoms with Gasteiger partial charge < -0.3 is 56.3 Å². The van der Waals surface area contributed by atoms with E-state index in [2.05, 4.69) is 176 Å². The molecule has 683 valence electrons. The number of para-hydroxylation sites is 7. The van der Waals surface area contributed by atoms with Crippen molar-refractivity contribution in [1.29, 1.82) is 0 Å². The van der Waals surface area contributed by atoms with Gasteiger partial charge in [-0.15, -0.1) is 10.2 Å². The number of phenolic OH excluding ortho intramolecular Hbond substituents is 3. The van der Waals surface area contributed by atoms with Crippen molar-refractivity contribution in [2.45, 2.75) is 80.1 Å². The van der Waals surface area contributed by atoms with Gasteiger partial charge in [0, 0.05) is 129 Å². The summed E-state index contributed by atoms with van der Waals surface area (Å²) in [5.41, 5.74) is 20.2. The third kappa shape index (κ3) is 24.3. The molecule has 0 saturated carbocycles. The second kappa shape index (κ2) is 47.9. The summed E-state index contributed by atoms with van der Waals surface area (Å²) in [7, 11) is 4.05. The Morgan fingerprint density at radius 2 is 0.621 bits per heavy atom. The quantitative estimate of drug-likeness (QED) is 0.0446. The van der Waals surface area contributed by atoms with E-state index in [1.165, 1.54) is 16.6 Å². The number of aromatic nitrogens is 11. The summed E-state index contributed by atoms with van der Waals surface area (Å²) in [6.45, 7) is 20.1. The van der Waals surface area contributed by atoms with Crippen molar-refractivity contribution in [3.8, 4) is 188 Å². The molecule has 0 bridgehead atoms. The normalized spacial score (nSPS) is 10.8. The number of hydrogen-bond acceptors (Lipinski definition) is 19. The van der Waals surface area contributed by atoms with Crippen LogP contribution in [0.5, 0.6) is 34.5 Å². The fraction of sp³-hybridized carbons (Fsp3) is 0.125. The molecule has 0 saturated heterocycles. The van der Waals surface area contributed by atoms with Gasteiger partial charge in [-0.3, -0.25) is 4.57 Å². The molecule has 0 amide bonds. The summed E-state index contributed by atoms with van der Waals surface area (Å²) in [5, 5.41) is 38.3. The third-order valence-electron chi connectivity index (χ3n) is 22.3. The van der Waals surface area contributed by atoms with Crippen LogP contribution in [0.3, 0.4) is 0 Å². The molecule has 0 atom stereocenters. The summed E-state index contributed by atoms with van der Waals surface area (Å²) in [5.74, 6) is 9.26. The van der Waals surface area contributed by atoms with Gasteiger partial charge in [-0.1, -0.05) is 315 Å². The van der Waals surface area contributed by atoms with Crippen LogP contribution >= 0.6 is 0 Å². The fourth-order valence-corrected chi connectivity index (χ4v) is 17.5. The second-order valence-electron chi connectivity index (χ2n) is 34.0. The second-order valence-corrected chi connectivity index (χ2v) is 36.3. The molecule has 0 spiro atoms. The Morgan fingerprint density at radius 3 is 1.00 bits per heavy atom. The van der Waals surface area contributed by atoms with Crippen molar-refractivity contribution in [3.63, 3.8) is 0 Å². The Morgan fingerprint density at radius 1 is 0.307 bits per heavy atom. The van der Waals surface area contributed by atoms with Crippen molar-refractivity contribution in [1.82, 2.24) is 53.8 Å². The van der Waals surface area contributed by atoms with Crippen LogP contribution < -0.4 is 11.4 Å². The molecule has 0 aliphatic carbocycles. The van der Waals surface area contributed by atoms with Gasteiger partial charge in [0.2, 0.25) is 29.3 Å². The van der Waals surface area contributed by atoms with E-state index < -0.39 is 31.8 Å². The Balaban J connectivity index is 0.000000149. The van der Waals surface area contributed by atoms with Crippen LogP contribution in [-0.2, 0) is 86.2 Å². The molecule has 0 aliphatic rings. The fourth-order valence-electron chi connectivity index (χ4n) is 16.0. The summed E-state index contributed by atoms with van der Waals surface area (Å²) >= 11 is -0.112.